The Morgan fingerprint density at radius 2 is 0.905 bits per heavy atom. The third-order valence-corrected chi connectivity index (χ3v) is 13.5. The van der Waals surface area contributed by atoms with Crippen molar-refractivity contribution < 1.29 is 46.5 Å². The van der Waals surface area contributed by atoms with Crippen LogP contribution in [0.1, 0.15) is 45.0 Å². The zero-order valence-corrected chi connectivity index (χ0v) is 48.5. The fourth-order valence-corrected chi connectivity index (χ4v) is 8.71. The number of para-hydroxylation sites is 8. The van der Waals surface area contributed by atoms with Gasteiger partial charge in [-0.2, -0.15) is 21.0 Å². The second kappa shape index (κ2) is 28.5. The van der Waals surface area contributed by atoms with Gasteiger partial charge < -0.3 is 43.3 Å². The number of fused-ring (bicyclic) bond motifs is 4. The summed E-state index contributed by atoms with van der Waals surface area (Å²) >= 11 is 0. The van der Waals surface area contributed by atoms with Crippen LogP contribution in [0.25, 0.3) is 0 Å². The monoisotopic (exact) mass is 1140 g/mol. The molecule has 18 nitrogen and oxygen atoms in total. The van der Waals surface area contributed by atoms with Crippen molar-refractivity contribution in [1.82, 2.24) is 0 Å². The van der Waals surface area contributed by atoms with Gasteiger partial charge in [0, 0.05) is 69.2 Å². The average Bonchev–Trinajstić information content (AvgIpc) is 4.37. The van der Waals surface area contributed by atoms with Gasteiger partial charge in [0.1, 0.15) is 35.4 Å². The molecule has 0 amide bonds. The van der Waals surface area contributed by atoms with E-state index in [2.05, 4.69) is 0 Å². The molecule has 0 saturated heterocycles. The summed E-state index contributed by atoms with van der Waals surface area (Å²) in [5.41, 5.74) is 3.91. The SMILES string of the molecule is CCN1/C(=C/C=C(\C#N)C(=O)C(C)(C)C)Oc2ccccc21.CCOC(=O)/C(=C/C=C1\Oc2ccccc2N1C)S(C)(=O)=O.CN1/C(=C/C=C(C#N)C#N)Oc2ccccc21.CN1/C(=C/C=C(\C#N)C(=O)c2ccccc2)Oc2ccccc21. The van der Waals surface area contributed by atoms with Gasteiger partial charge in [0.2, 0.25) is 11.7 Å². The molecule has 0 atom stereocenters. The van der Waals surface area contributed by atoms with Gasteiger partial charge in [0.05, 0.1) is 34.9 Å². The van der Waals surface area contributed by atoms with E-state index in [1.54, 1.807) is 100 Å². The molecule has 4 aliphatic rings. The molecule has 4 aliphatic heterocycles. The van der Waals surface area contributed by atoms with Crippen LogP contribution in [-0.2, 0) is 24.2 Å². The summed E-state index contributed by atoms with van der Waals surface area (Å²) in [6.07, 6.45) is 13.0. The molecule has 4 heterocycles. The lowest BCUT2D eigenvalue weighted by atomic mass is 9.86. The number of esters is 1. The quantitative estimate of drug-likeness (QED) is 0.0517. The molecule has 5 aromatic rings. The van der Waals surface area contributed by atoms with Crippen molar-refractivity contribution in [2.24, 2.45) is 5.41 Å². The molecule has 0 fully saturated rings. The van der Waals surface area contributed by atoms with Crippen molar-refractivity contribution in [3.05, 3.63) is 227 Å². The maximum atomic E-state index is 12.3. The molecule has 0 spiro atoms. The molecule has 19 heteroatoms. The lowest BCUT2D eigenvalue weighted by Gasteiger charge is -2.16. The summed E-state index contributed by atoms with van der Waals surface area (Å²) in [6, 6.07) is 46.7. The predicted molar refractivity (Wildman–Crippen MR) is 320 cm³/mol. The molecule has 0 aromatic heterocycles. The van der Waals surface area contributed by atoms with Crippen LogP contribution < -0.4 is 38.5 Å². The molecule has 426 valence electrons. The lowest BCUT2D eigenvalue weighted by molar-refractivity contribution is -0.137. The van der Waals surface area contributed by atoms with Crippen molar-refractivity contribution >= 4 is 50.1 Å². The number of carbonyl (C=O) groups excluding carboxylic acids is 3. The Bertz CT molecular complexity index is 3860. The first kappa shape index (κ1) is 62.3. The van der Waals surface area contributed by atoms with E-state index in [1.165, 1.54) is 30.4 Å². The molecule has 5 aromatic carbocycles. The molecule has 0 aliphatic carbocycles. The zero-order chi connectivity index (χ0) is 61.1. The van der Waals surface area contributed by atoms with Crippen LogP contribution in [0.15, 0.2) is 221 Å². The number of nitriles is 4. The highest BCUT2D eigenvalue weighted by molar-refractivity contribution is 7.95. The zero-order valence-electron chi connectivity index (χ0n) is 47.7. The third kappa shape index (κ3) is 15.5. The first-order chi connectivity index (χ1) is 40.2. The van der Waals surface area contributed by atoms with E-state index in [0.717, 1.165) is 52.8 Å². The number of hydrogen-bond acceptors (Lipinski definition) is 18. The van der Waals surface area contributed by atoms with E-state index in [1.807, 2.05) is 145 Å². The fraction of sp³-hybridized carbons (Fsp3) is 0.185. The molecule has 0 radical (unpaired) electrons. The number of hydrogen-bond donors (Lipinski definition) is 0. The van der Waals surface area contributed by atoms with Gasteiger partial charge in [-0.3, -0.25) is 9.59 Å². The van der Waals surface area contributed by atoms with Crippen molar-refractivity contribution in [1.29, 1.82) is 21.0 Å². The summed E-state index contributed by atoms with van der Waals surface area (Å²) in [5, 5.41) is 35.7. The van der Waals surface area contributed by atoms with Gasteiger partial charge in [-0.1, -0.05) is 99.6 Å². The standard InChI is InChI=1S/C19H14N2O2.C18H20N2O2.C15H17NO5S.C13H9N3O/c1-21-16-9-5-6-10-17(16)23-18(21)12-11-15(13-20)19(22)14-7-3-2-4-8-14;1-5-20-14-8-6-7-9-15(14)22-16(20)11-10-13(12-19)17(21)18(2,3)4;1-4-20-15(17)13(22(3,18)19)9-10-14-16(2)11-7-5-6-8-12(11)21-14;1-16-11-4-2-3-5-12(11)17-13(16)7-6-10(8-14)9-15/h2-12H,1H3;6-11H,5H2,1-4H3;5-10H,4H2,1-3H3;2-7H,1H3/b15-11+,18-12-;13-10+,16-11-;13-9-,14-10-;13-7-. The fourth-order valence-electron chi connectivity index (χ4n) is 8.03. The molecule has 0 bridgehead atoms. The van der Waals surface area contributed by atoms with Crippen LogP contribution >= 0.6 is 0 Å². The predicted octanol–water partition coefficient (Wildman–Crippen LogP) is 11.7. The topological polar surface area (TPSA) is 240 Å². The summed E-state index contributed by atoms with van der Waals surface area (Å²) in [7, 11) is 1.83. The Morgan fingerprint density at radius 3 is 1.31 bits per heavy atom. The second-order valence-electron chi connectivity index (χ2n) is 19.2. The van der Waals surface area contributed by atoms with Crippen LogP contribution in [0.2, 0.25) is 0 Å². The van der Waals surface area contributed by atoms with Crippen LogP contribution in [0.5, 0.6) is 23.0 Å². The van der Waals surface area contributed by atoms with Crippen LogP contribution in [-0.4, -0.2) is 66.5 Å². The highest BCUT2D eigenvalue weighted by atomic mass is 32.2. The summed E-state index contributed by atoms with van der Waals surface area (Å²) in [4.78, 5) is 43.3. The molecule has 0 N–H and O–H groups in total. The largest absolute Gasteiger partial charge is 0.462 e. The van der Waals surface area contributed by atoms with E-state index in [4.69, 9.17) is 34.2 Å². The number of ketones is 2. The van der Waals surface area contributed by atoms with Crippen LogP contribution in [0.3, 0.4) is 0 Å². The van der Waals surface area contributed by atoms with Gasteiger partial charge in [0.25, 0.3) is 0 Å². The van der Waals surface area contributed by atoms with Gasteiger partial charge in [0.15, 0.2) is 61.2 Å². The van der Waals surface area contributed by atoms with Crippen molar-refractivity contribution in [2.75, 3.05) is 60.2 Å². The van der Waals surface area contributed by atoms with E-state index >= 15 is 0 Å². The maximum absolute atomic E-state index is 12.3. The average molecular weight is 1150 g/mol. The minimum absolute atomic E-state index is 0.0467. The summed E-state index contributed by atoms with van der Waals surface area (Å²) in [5.74, 6) is 3.83. The molecule has 84 heavy (non-hydrogen) atoms. The minimum atomic E-state index is -3.70. The van der Waals surface area contributed by atoms with E-state index in [-0.39, 0.29) is 34.9 Å². The van der Waals surface area contributed by atoms with Gasteiger partial charge in [-0.15, -0.1) is 0 Å². The highest BCUT2D eigenvalue weighted by Gasteiger charge is 2.29. The van der Waals surface area contributed by atoms with Crippen LogP contribution in [0.4, 0.5) is 22.7 Å². The van der Waals surface area contributed by atoms with Crippen LogP contribution in [0, 0.1) is 50.7 Å². The Hall–Kier alpha value is -10.9. The Balaban J connectivity index is 0.000000181. The summed E-state index contributed by atoms with van der Waals surface area (Å²) < 4.78 is 50.9. The minimum Gasteiger partial charge on any atom is -0.462 e. The van der Waals surface area contributed by atoms with Gasteiger partial charge in [-0.05, 0) is 86.7 Å². The van der Waals surface area contributed by atoms with Crippen molar-refractivity contribution in [3.8, 4) is 47.3 Å². The first-order valence-electron chi connectivity index (χ1n) is 26.1. The number of sulfone groups is 1. The molecule has 0 saturated carbocycles. The van der Waals surface area contributed by atoms with E-state index < -0.39 is 26.1 Å². The normalized spacial score (nSPS) is 15.6. The number of allylic oxidation sites excluding steroid dienone is 11. The number of carbonyl (C=O) groups is 3. The number of ether oxygens (including phenoxy) is 5. The van der Waals surface area contributed by atoms with Gasteiger partial charge in [-0.25, -0.2) is 13.2 Å². The highest BCUT2D eigenvalue weighted by Crippen LogP contribution is 2.41. The number of benzene rings is 5. The smallest absolute Gasteiger partial charge is 0.349 e. The Kier molecular flexibility index (Phi) is 21.2. The lowest BCUT2D eigenvalue weighted by Crippen LogP contribution is -2.22. The van der Waals surface area contributed by atoms with E-state index in [0.29, 0.717) is 34.8 Å². The second-order valence-corrected chi connectivity index (χ2v) is 21.2. The number of nitrogens with zero attached hydrogens (tertiary/aromatic N) is 8. The Labute approximate surface area is 489 Å². The van der Waals surface area contributed by atoms with Crippen molar-refractivity contribution in [3.63, 3.8) is 0 Å². The van der Waals surface area contributed by atoms with Crippen molar-refractivity contribution in [2.45, 2.75) is 34.6 Å². The molecular weight excluding hydrogens is 1080 g/mol. The number of anilines is 4. The Morgan fingerprint density at radius 1 is 0.524 bits per heavy atom. The van der Waals surface area contributed by atoms with Gasteiger partial charge >= 0.3 is 5.97 Å². The number of Topliss-reactive ketones (excluding diaryl/α,β-unsaturated/α-hetero) is 2. The maximum Gasteiger partial charge on any atom is 0.349 e. The first-order valence-corrected chi connectivity index (χ1v) is 27.9. The number of rotatable bonds is 11. The molecular formula is C65H60N8O10S. The molecule has 0 unspecified atom stereocenters. The van der Waals surface area contributed by atoms with E-state index in [9.17, 15) is 33.3 Å². The third-order valence-electron chi connectivity index (χ3n) is 12.4. The molecule has 9 rings (SSSR count). The summed E-state index contributed by atoms with van der Waals surface area (Å²) in [6.45, 7) is 9.88.